The van der Waals surface area contributed by atoms with Crippen LogP contribution in [-0.2, 0) is 6.54 Å². The van der Waals surface area contributed by atoms with Gasteiger partial charge in [0.25, 0.3) is 5.56 Å². The summed E-state index contributed by atoms with van der Waals surface area (Å²) in [6.45, 7) is 2.64. The number of nitrogens with zero attached hydrogens (tertiary/aromatic N) is 2. The van der Waals surface area contributed by atoms with Crippen LogP contribution in [0.3, 0.4) is 0 Å². The molecule has 2 aromatic carbocycles. The van der Waals surface area contributed by atoms with Crippen molar-refractivity contribution >= 4 is 22.5 Å². The van der Waals surface area contributed by atoms with Crippen LogP contribution in [-0.4, -0.2) is 34.0 Å². The summed E-state index contributed by atoms with van der Waals surface area (Å²) in [6.07, 6.45) is 0.552. The second kappa shape index (κ2) is 8.21. The van der Waals surface area contributed by atoms with Gasteiger partial charge in [-0.3, -0.25) is 9.36 Å². The van der Waals surface area contributed by atoms with Crippen molar-refractivity contribution in [2.24, 2.45) is 0 Å². The maximum atomic E-state index is 12.5. The quantitative estimate of drug-likeness (QED) is 0.688. The van der Waals surface area contributed by atoms with Crippen LogP contribution in [0.5, 0.6) is 11.5 Å². The van der Waals surface area contributed by atoms with E-state index in [0.29, 0.717) is 28.3 Å². The van der Waals surface area contributed by atoms with Crippen molar-refractivity contribution in [2.75, 3.05) is 13.2 Å². The van der Waals surface area contributed by atoms with Gasteiger partial charge in [0.05, 0.1) is 30.4 Å². The van der Waals surface area contributed by atoms with Crippen molar-refractivity contribution in [2.45, 2.75) is 19.6 Å². The number of benzene rings is 2. The summed E-state index contributed by atoms with van der Waals surface area (Å²) >= 11 is 5.94. The van der Waals surface area contributed by atoms with Crippen molar-refractivity contribution in [3.05, 3.63) is 64.2 Å². The van der Waals surface area contributed by atoms with Crippen molar-refractivity contribution < 1.29 is 14.6 Å². The van der Waals surface area contributed by atoms with Gasteiger partial charge < -0.3 is 14.6 Å². The summed E-state index contributed by atoms with van der Waals surface area (Å²) in [5.41, 5.74) is 0.313. The second-order valence-corrected chi connectivity index (χ2v) is 6.17. The summed E-state index contributed by atoms with van der Waals surface area (Å²) in [4.78, 5) is 16.7. The van der Waals surface area contributed by atoms with E-state index in [1.807, 2.05) is 6.92 Å². The fourth-order valence-corrected chi connectivity index (χ4v) is 2.70. The van der Waals surface area contributed by atoms with E-state index in [-0.39, 0.29) is 18.7 Å². The van der Waals surface area contributed by atoms with Crippen molar-refractivity contribution in [3.8, 4) is 11.5 Å². The molecule has 1 aromatic heterocycles. The smallest absolute Gasteiger partial charge is 0.261 e. The predicted octanol–water partition coefficient (Wildman–Crippen LogP) is 2.89. The van der Waals surface area contributed by atoms with Gasteiger partial charge in [-0.05, 0) is 49.4 Å². The molecule has 7 heteroatoms. The van der Waals surface area contributed by atoms with Gasteiger partial charge in [0.15, 0.2) is 0 Å². The molecule has 1 unspecified atom stereocenters. The van der Waals surface area contributed by atoms with E-state index in [4.69, 9.17) is 21.1 Å². The molecule has 3 aromatic rings. The lowest BCUT2D eigenvalue weighted by atomic mass is 10.2. The average molecular weight is 375 g/mol. The minimum atomic E-state index is -0.863. The fraction of sp³-hybridized carbons (Fsp3) is 0.263. The van der Waals surface area contributed by atoms with Gasteiger partial charge in [0, 0.05) is 5.02 Å². The van der Waals surface area contributed by atoms with Crippen molar-refractivity contribution in [1.29, 1.82) is 0 Å². The van der Waals surface area contributed by atoms with E-state index >= 15 is 0 Å². The molecule has 0 aliphatic heterocycles. The van der Waals surface area contributed by atoms with Gasteiger partial charge in [-0.25, -0.2) is 4.98 Å². The first-order valence-electron chi connectivity index (χ1n) is 8.25. The molecule has 0 aliphatic carbocycles. The number of halogens is 1. The van der Waals surface area contributed by atoms with Gasteiger partial charge in [0.2, 0.25) is 0 Å². The normalized spacial score (nSPS) is 12.1. The van der Waals surface area contributed by atoms with E-state index in [0.717, 1.165) is 5.75 Å². The lowest BCUT2D eigenvalue weighted by Gasteiger charge is -2.14. The zero-order valence-corrected chi connectivity index (χ0v) is 15.0. The molecule has 1 atom stereocenters. The van der Waals surface area contributed by atoms with E-state index in [2.05, 4.69) is 4.98 Å². The topological polar surface area (TPSA) is 73.6 Å². The number of aliphatic hydroxyl groups is 1. The molecule has 1 N–H and O–H groups in total. The Bertz CT molecular complexity index is 940. The average Bonchev–Trinajstić information content (AvgIpc) is 2.64. The molecule has 0 amide bonds. The molecular weight excluding hydrogens is 356 g/mol. The van der Waals surface area contributed by atoms with E-state index in [1.165, 1.54) is 10.9 Å². The highest BCUT2D eigenvalue weighted by molar-refractivity contribution is 6.31. The summed E-state index contributed by atoms with van der Waals surface area (Å²) in [5.74, 6) is 1.37. The third-order valence-electron chi connectivity index (χ3n) is 3.77. The number of rotatable bonds is 7. The Morgan fingerprint density at radius 1 is 1.15 bits per heavy atom. The van der Waals surface area contributed by atoms with E-state index < -0.39 is 6.10 Å². The maximum Gasteiger partial charge on any atom is 0.261 e. The minimum Gasteiger partial charge on any atom is -0.494 e. The Morgan fingerprint density at radius 2 is 1.85 bits per heavy atom. The number of hydrogen-bond acceptors (Lipinski definition) is 5. The number of aromatic nitrogens is 2. The van der Waals surface area contributed by atoms with E-state index in [1.54, 1.807) is 42.5 Å². The number of hydrogen-bond donors (Lipinski definition) is 1. The zero-order chi connectivity index (χ0) is 18.5. The lowest BCUT2D eigenvalue weighted by molar-refractivity contribution is 0.0914. The zero-order valence-electron chi connectivity index (χ0n) is 14.3. The van der Waals surface area contributed by atoms with Gasteiger partial charge in [0.1, 0.15) is 24.2 Å². The van der Waals surface area contributed by atoms with Crippen LogP contribution < -0.4 is 15.0 Å². The Hall–Kier alpha value is -2.57. The fourth-order valence-electron chi connectivity index (χ4n) is 2.53. The first kappa shape index (κ1) is 18.2. The number of fused-ring (bicyclic) bond motifs is 1. The minimum absolute atomic E-state index is 0.0496. The molecule has 0 radical (unpaired) electrons. The molecule has 0 fully saturated rings. The highest BCUT2D eigenvalue weighted by atomic mass is 35.5. The third-order valence-corrected chi connectivity index (χ3v) is 4.01. The van der Waals surface area contributed by atoms with Crippen molar-refractivity contribution in [3.63, 3.8) is 0 Å². The highest BCUT2D eigenvalue weighted by Crippen LogP contribution is 2.18. The van der Waals surface area contributed by atoms with E-state index in [9.17, 15) is 9.90 Å². The van der Waals surface area contributed by atoms with Crippen LogP contribution in [0.1, 0.15) is 6.92 Å². The second-order valence-electron chi connectivity index (χ2n) is 5.73. The lowest BCUT2D eigenvalue weighted by Crippen LogP contribution is -2.30. The number of aliphatic hydroxyl groups excluding tert-OH is 1. The highest BCUT2D eigenvalue weighted by Gasteiger charge is 2.11. The summed E-state index contributed by atoms with van der Waals surface area (Å²) in [5, 5.41) is 11.1. The van der Waals surface area contributed by atoms with Crippen molar-refractivity contribution in [1.82, 2.24) is 9.55 Å². The molecule has 0 bridgehead atoms. The molecule has 6 nitrogen and oxygen atoms in total. The standard InChI is InChI=1S/C19H19ClN2O4/c1-2-25-15-4-6-16(7-5-15)26-11-14(23)10-22-12-21-18-8-3-13(20)9-17(18)19(22)24/h3-9,12,14,23H,2,10-11H2,1H3. The Balaban J connectivity index is 1.64. The Labute approximate surface area is 155 Å². The molecule has 0 saturated heterocycles. The molecular formula is C19H19ClN2O4. The van der Waals surface area contributed by atoms with Gasteiger partial charge in [-0.1, -0.05) is 11.6 Å². The largest absolute Gasteiger partial charge is 0.494 e. The SMILES string of the molecule is CCOc1ccc(OCC(O)Cn2cnc3ccc(Cl)cc3c2=O)cc1. The Morgan fingerprint density at radius 3 is 2.54 bits per heavy atom. The molecule has 1 heterocycles. The van der Waals surface area contributed by atoms with Crippen LogP contribution in [0.15, 0.2) is 53.6 Å². The monoisotopic (exact) mass is 374 g/mol. The molecule has 0 saturated carbocycles. The third kappa shape index (κ3) is 4.33. The van der Waals surface area contributed by atoms with Crippen LogP contribution in [0.4, 0.5) is 0 Å². The molecule has 3 rings (SSSR count). The van der Waals surface area contributed by atoms with Crippen LogP contribution >= 0.6 is 11.6 Å². The molecule has 0 spiro atoms. The molecule has 0 aliphatic rings. The first-order valence-corrected chi connectivity index (χ1v) is 8.63. The van der Waals surface area contributed by atoms with Crippen LogP contribution in [0, 0.1) is 0 Å². The predicted molar refractivity (Wildman–Crippen MR) is 100 cm³/mol. The first-order chi connectivity index (χ1) is 12.6. The van der Waals surface area contributed by atoms with Gasteiger partial charge in [-0.15, -0.1) is 0 Å². The maximum absolute atomic E-state index is 12.5. The van der Waals surface area contributed by atoms with Gasteiger partial charge >= 0.3 is 0 Å². The van der Waals surface area contributed by atoms with Crippen LogP contribution in [0.25, 0.3) is 10.9 Å². The molecule has 26 heavy (non-hydrogen) atoms. The summed E-state index contributed by atoms with van der Waals surface area (Å²) in [7, 11) is 0. The van der Waals surface area contributed by atoms with Gasteiger partial charge in [-0.2, -0.15) is 0 Å². The Kier molecular flexibility index (Phi) is 5.75. The number of ether oxygens (including phenoxy) is 2. The summed E-state index contributed by atoms with van der Waals surface area (Å²) in [6, 6.07) is 12.1. The summed E-state index contributed by atoms with van der Waals surface area (Å²) < 4.78 is 12.3. The molecule has 136 valence electrons. The van der Waals surface area contributed by atoms with Crippen LogP contribution in [0.2, 0.25) is 5.02 Å².